The Morgan fingerprint density at radius 1 is 0.644 bits per heavy atom. The van der Waals surface area contributed by atoms with Gasteiger partial charge in [-0.05, 0) is 119 Å². The zero-order valence-corrected chi connectivity index (χ0v) is 42.4. The highest BCUT2D eigenvalue weighted by Gasteiger charge is 2.24. The van der Waals surface area contributed by atoms with Gasteiger partial charge < -0.3 is 16.5 Å². The van der Waals surface area contributed by atoms with Crippen LogP contribution in [0.4, 0.5) is 11.4 Å². The number of hydrazine groups is 1. The molecule has 0 aliphatic heterocycles. The van der Waals surface area contributed by atoms with Crippen molar-refractivity contribution >= 4 is 56.2 Å². The molecule has 2 aliphatic carbocycles. The molecule has 3 unspecified atom stereocenters. The van der Waals surface area contributed by atoms with Gasteiger partial charge in [-0.15, -0.1) is 0 Å². The van der Waals surface area contributed by atoms with Crippen LogP contribution in [0.3, 0.4) is 0 Å². The highest BCUT2D eigenvalue weighted by atomic mass is 15.3. The predicted octanol–water partition coefficient (Wildman–Crippen LogP) is 17.0. The zero-order valence-electron chi connectivity index (χ0n) is 42.4. The maximum Gasteiger partial charge on any atom is 0.0529 e. The molecule has 0 radical (unpaired) electrons. The standard InChI is InChI=1S/C67H60N4.C2H6/c1-4-5-18-51(37-34-47-35-41-59-53(43-47)39-38-50-20-7-9-26-57(50)59)67(68)63-30-13-14-31-64(63)70-45-55-40-42-61(60-28-11-10-27-58(55)60)66(62-29-12-15-32-65(62)71-69-3)54-24-17-23-52(44-54)48-21-16-22-49-19-6-8-25-56(49)46(2)33-36-48;1-2/h4-34,36-40,42-44,51,66-67,69-71H,1-2,35,41,45,68H2,3H3;1-2H3/b18-5-,22-16-,36-33-,37-34?,48-21+;. The minimum absolute atomic E-state index is 0.0531. The fourth-order valence-corrected chi connectivity index (χ4v) is 10.5. The molecule has 5 N–H and O–H groups in total. The van der Waals surface area contributed by atoms with Gasteiger partial charge in [-0.3, -0.25) is 0 Å². The summed E-state index contributed by atoms with van der Waals surface area (Å²) in [6.07, 6.45) is 25.7. The average molecular weight is 951 g/mol. The summed E-state index contributed by atoms with van der Waals surface area (Å²) >= 11 is 0. The van der Waals surface area contributed by atoms with E-state index in [1.165, 1.54) is 60.5 Å². The van der Waals surface area contributed by atoms with E-state index < -0.39 is 0 Å². The zero-order chi connectivity index (χ0) is 50.5. The molecular weight excluding hydrogens is 885 g/mol. The van der Waals surface area contributed by atoms with E-state index >= 15 is 0 Å². The van der Waals surface area contributed by atoms with E-state index in [0.29, 0.717) is 6.54 Å². The highest BCUT2D eigenvalue weighted by molar-refractivity contribution is 5.92. The van der Waals surface area contributed by atoms with Crippen molar-refractivity contribution in [3.05, 3.63) is 299 Å². The number of hydrogen-bond acceptors (Lipinski definition) is 4. The number of aryl methyl sites for hydroxylation is 1. The summed E-state index contributed by atoms with van der Waals surface area (Å²) in [7, 11) is 1.91. The number of benzene rings is 8. The van der Waals surface area contributed by atoms with E-state index in [1.54, 1.807) is 0 Å². The Morgan fingerprint density at radius 3 is 2.22 bits per heavy atom. The molecule has 0 fully saturated rings. The number of nitrogens with two attached hydrogens (primary N) is 1. The van der Waals surface area contributed by atoms with Crippen LogP contribution < -0.4 is 21.9 Å². The van der Waals surface area contributed by atoms with Crippen molar-refractivity contribution in [1.82, 2.24) is 5.43 Å². The lowest BCUT2D eigenvalue weighted by atomic mass is 9.80. The van der Waals surface area contributed by atoms with Crippen LogP contribution in [0, 0.1) is 5.92 Å². The molecule has 10 rings (SSSR count). The Morgan fingerprint density at radius 2 is 1.38 bits per heavy atom. The maximum atomic E-state index is 7.28. The van der Waals surface area contributed by atoms with Crippen molar-refractivity contribution in [1.29, 1.82) is 0 Å². The topological polar surface area (TPSA) is 62.1 Å². The molecule has 4 nitrogen and oxygen atoms in total. The average Bonchev–Trinajstić information content (AvgIpc) is 3.52. The van der Waals surface area contributed by atoms with Crippen LogP contribution in [0.2, 0.25) is 0 Å². The van der Waals surface area contributed by atoms with Crippen molar-refractivity contribution < 1.29 is 0 Å². The number of nitrogens with one attached hydrogen (secondary N) is 3. The van der Waals surface area contributed by atoms with Gasteiger partial charge in [0.25, 0.3) is 0 Å². The molecule has 0 saturated carbocycles. The second-order valence-electron chi connectivity index (χ2n) is 18.4. The van der Waals surface area contributed by atoms with Crippen molar-refractivity contribution in [3.8, 4) is 0 Å². The van der Waals surface area contributed by atoms with Crippen molar-refractivity contribution in [2.24, 2.45) is 11.7 Å². The molecule has 0 heterocycles. The number of rotatable bonds is 15. The number of hydrogen-bond donors (Lipinski definition) is 4. The number of anilines is 2. The molecule has 0 bridgehead atoms. The molecule has 4 heteroatoms. The fraction of sp³-hybridized carbons (Fsp3) is 0.130. The molecule has 362 valence electrons. The third-order valence-corrected chi connectivity index (χ3v) is 14.1. The minimum atomic E-state index is -0.294. The van der Waals surface area contributed by atoms with Crippen molar-refractivity contribution in [3.63, 3.8) is 0 Å². The Balaban J connectivity index is 0.00000324. The SMILES string of the molecule is C=C/C=C\C(C=CC1=Cc2ccc3ccccc3c2CC1)C(N)c1ccccc1NCc1ccc(C(c2cccc(C3=C/C=C\c4ccccc4C(=C)/C=C\3)c2)c2ccccc2NNC)c2ccccc12.CC. The summed E-state index contributed by atoms with van der Waals surface area (Å²) in [6, 6.07) is 60.8. The van der Waals surface area contributed by atoms with Crippen molar-refractivity contribution in [2.45, 2.75) is 45.2 Å². The highest BCUT2D eigenvalue weighted by Crippen LogP contribution is 2.42. The Bertz CT molecular complexity index is 3470. The van der Waals surface area contributed by atoms with E-state index in [4.69, 9.17) is 5.73 Å². The summed E-state index contributed by atoms with van der Waals surface area (Å²) in [5.41, 5.74) is 31.4. The number of para-hydroxylation sites is 2. The summed E-state index contributed by atoms with van der Waals surface area (Å²) in [4.78, 5) is 0. The molecule has 8 aromatic carbocycles. The summed E-state index contributed by atoms with van der Waals surface area (Å²) in [5, 5.41) is 8.91. The fourth-order valence-electron chi connectivity index (χ4n) is 10.5. The van der Waals surface area contributed by atoms with Gasteiger partial charge in [-0.25, -0.2) is 5.43 Å². The Labute approximate surface area is 433 Å². The quantitative estimate of drug-likeness (QED) is 0.0470. The Hall–Kier alpha value is -8.28. The van der Waals surface area contributed by atoms with Crippen molar-refractivity contribution in [2.75, 3.05) is 17.8 Å². The Kier molecular flexibility index (Phi) is 16.2. The van der Waals surface area contributed by atoms with Gasteiger partial charge in [0, 0.05) is 37.2 Å². The van der Waals surface area contributed by atoms with Crippen LogP contribution in [0.1, 0.15) is 87.9 Å². The van der Waals surface area contributed by atoms with Gasteiger partial charge in [0.2, 0.25) is 0 Å². The van der Waals surface area contributed by atoms with Crippen LogP contribution in [-0.4, -0.2) is 7.05 Å². The van der Waals surface area contributed by atoms with Crippen LogP contribution in [0.15, 0.2) is 243 Å². The van der Waals surface area contributed by atoms with Gasteiger partial charge in [-0.2, -0.15) is 0 Å². The molecular formula is C69H66N4. The molecule has 0 spiro atoms. The first-order valence-electron chi connectivity index (χ1n) is 25.7. The lowest BCUT2D eigenvalue weighted by Crippen LogP contribution is -2.20. The predicted molar refractivity (Wildman–Crippen MR) is 316 cm³/mol. The molecule has 0 aromatic heterocycles. The lowest BCUT2D eigenvalue weighted by Gasteiger charge is -2.25. The second kappa shape index (κ2) is 23.8. The first kappa shape index (κ1) is 49.7. The van der Waals surface area contributed by atoms with Gasteiger partial charge in [-0.1, -0.05) is 252 Å². The summed E-state index contributed by atoms with van der Waals surface area (Å²) in [6.45, 7) is 13.0. The van der Waals surface area contributed by atoms with E-state index in [2.05, 4.69) is 254 Å². The maximum absolute atomic E-state index is 7.28. The smallest absolute Gasteiger partial charge is 0.0529 e. The summed E-state index contributed by atoms with van der Waals surface area (Å²) < 4.78 is 0. The van der Waals surface area contributed by atoms with E-state index in [1.807, 2.05) is 33.0 Å². The summed E-state index contributed by atoms with van der Waals surface area (Å²) in [5.74, 6) is -0.150. The normalized spacial score (nSPS) is 16.0. The van der Waals surface area contributed by atoms with E-state index in [0.717, 1.165) is 57.6 Å². The molecule has 0 saturated heterocycles. The number of fused-ring (bicyclic) bond motifs is 5. The molecule has 73 heavy (non-hydrogen) atoms. The molecule has 2 aliphatic rings. The third kappa shape index (κ3) is 11.1. The first-order chi connectivity index (χ1) is 36.0. The molecule has 3 atom stereocenters. The number of allylic oxidation sites excluding steroid dienone is 10. The van der Waals surface area contributed by atoms with Crippen LogP contribution in [0.5, 0.6) is 0 Å². The van der Waals surface area contributed by atoms with Gasteiger partial charge in [0.05, 0.1) is 5.69 Å². The van der Waals surface area contributed by atoms with E-state index in [-0.39, 0.29) is 17.9 Å². The van der Waals surface area contributed by atoms with Crippen LogP contribution >= 0.6 is 0 Å². The molecule has 8 aromatic rings. The van der Waals surface area contributed by atoms with Crippen LogP contribution in [0.25, 0.3) is 44.8 Å². The first-order valence-corrected chi connectivity index (χ1v) is 25.7. The van der Waals surface area contributed by atoms with Gasteiger partial charge in [0.15, 0.2) is 0 Å². The monoisotopic (exact) mass is 951 g/mol. The molecule has 0 amide bonds. The largest absolute Gasteiger partial charge is 0.381 e. The van der Waals surface area contributed by atoms with E-state index in [9.17, 15) is 0 Å². The van der Waals surface area contributed by atoms with Gasteiger partial charge >= 0.3 is 0 Å². The second-order valence-corrected chi connectivity index (χ2v) is 18.4. The van der Waals surface area contributed by atoms with Crippen LogP contribution in [-0.2, 0) is 13.0 Å². The lowest BCUT2D eigenvalue weighted by molar-refractivity contribution is 0.618. The third-order valence-electron chi connectivity index (χ3n) is 14.1. The van der Waals surface area contributed by atoms with Gasteiger partial charge in [0.1, 0.15) is 0 Å². The minimum Gasteiger partial charge on any atom is -0.381 e.